The lowest BCUT2D eigenvalue weighted by atomic mass is 10.1. The molecule has 3 aromatic rings. The number of esters is 1. The molecule has 2 heterocycles. The van der Waals surface area contributed by atoms with Gasteiger partial charge in [-0.05, 0) is 38.5 Å². The molecule has 0 radical (unpaired) electrons. The van der Waals surface area contributed by atoms with E-state index in [1.54, 1.807) is 6.07 Å². The number of nitrogens with zero attached hydrogens (tertiary/aromatic N) is 2. The molecule has 8 heteroatoms. The fraction of sp³-hybridized carbons (Fsp3) is 0.238. The van der Waals surface area contributed by atoms with E-state index in [-0.39, 0.29) is 17.6 Å². The highest BCUT2D eigenvalue weighted by Crippen LogP contribution is 2.26. The first-order valence-electron chi connectivity index (χ1n) is 8.97. The number of ether oxygens (including phenoxy) is 1. The number of aromatic nitrogens is 1. The van der Waals surface area contributed by atoms with Crippen LogP contribution in [0.15, 0.2) is 52.9 Å². The van der Waals surface area contributed by atoms with Crippen LogP contribution in [0.3, 0.4) is 0 Å². The Morgan fingerprint density at radius 1 is 1.17 bits per heavy atom. The lowest BCUT2D eigenvalue weighted by Crippen LogP contribution is -2.15. The van der Waals surface area contributed by atoms with Crippen molar-refractivity contribution in [1.29, 1.82) is 0 Å². The molecule has 0 aliphatic heterocycles. The van der Waals surface area contributed by atoms with Crippen molar-refractivity contribution in [1.82, 2.24) is 4.57 Å². The molecule has 1 aromatic carbocycles. The predicted octanol–water partition coefficient (Wildman–Crippen LogP) is 4.26. The van der Waals surface area contributed by atoms with Crippen molar-refractivity contribution in [2.45, 2.75) is 26.8 Å². The van der Waals surface area contributed by atoms with Crippen molar-refractivity contribution in [3.8, 4) is 0 Å². The minimum Gasteiger partial charge on any atom is -0.451 e. The van der Waals surface area contributed by atoms with E-state index < -0.39 is 23.4 Å². The van der Waals surface area contributed by atoms with Gasteiger partial charge in [0.1, 0.15) is 4.92 Å². The van der Waals surface area contributed by atoms with Crippen LogP contribution in [0.5, 0.6) is 0 Å². The van der Waals surface area contributed by atoms with Gasteiger partial charge in [-0.25, -0.2) is 4.79 Å². The Morgan fingerprint density at radius 2 is 1.86 bits per heavy atom. The average molecular weight is 396 g/mol. The van der Waals surface area contributed by atoms with Crippen LogP contribution in [0.1, 0.15) is 50.8 Å². The molecule has 2 aromatic heterocycles. The molecule has 29 heavy (non-hydrogen) atoms. The van der Waals surface area contributed by atoms with Crippen LogP contribution in [0, 0.1) is 24.0 Å². The summed E-state index contributed by atoms with van der Waals surface area (Å²) in [6.45, 7) is 5.32. The zero-order chi connectivity index (χ0) is 21.1. The van der Waals surface area contributed by atoms with E-state index >= 15 is 0 Å². The summed E-state index contributed by atoms with van der Waals surface area (Å²) in [4.78, 5) is 34.4. The Labute approximate surface area is 166 Å². The van der Waals surface area contributed by atoms with Crippen molar-refractivity contribution >= 4 is 17.6 Å². The molecular formula is C21H20N2O6. The first-order chi connectivity index (χ1) is 13.8. The van der Waals surface area contributed by atoms with Crippen LogP contribution in [0.25, 0.3) is 0 Å². The number of aryl methyl sites for hydroxylation is 1. The molecule has 0 saturated carbocycles. The summed E-state index contributed by atoms with van der Waals surface area (Å²) in [5.74, 6) is -2.19. The zero-order valence-corrected chi connectivity index (χ0v) is 16.2. The van der Waals surface area contributed by atoms with Gasteiger partial charge < -0.3 is 13.7 Å². The van der Waals surface area contributed by atoms with Crippen molar-refractivity contribution < 1.29 is 23.7 Å². The molecule has 3 rings (SSSR count). The molecule has 0 amide bonds. The second-order valence-electron chi connectivity index (χ2n) is 6.64. The highest BCUT2D eigenvalue weighted by atomic mass is 16.7. The van der Waals surface area contributed by atoms with E-state index in [0.717, 1.165) is 29.1 Å². The van der Waals surface area contributed by atoms with Crippen molar-refractivity contribution in [2.24, 2.45) is 0 Å². The lowest BCUT2D eigenvalue weighted by molar-refractivity contribution is -0.402. The van der Waals surface area contributed by atoms with E-state index in [0.29, 0.717) is 5.56 Å². The maximum Gasteiger partial charge on any atom is 0.433 e. The largest absolute Gasteiger partial charge is 0.451 e. The lowest BCUT2D eigenvalue weighted by Gasteiger charge is -2.19. The number of nitro groups is 1. The summed E-state index contributed by atoms with van der Waals surface area (Å²) in [5.41, 5.74) is 3.26. The molecule has 1 atom stereocenters. The Morgan fingerprint density at radius 3 is 2.48 bits per heavy atom. The smallest absolute Gasteiger partial charge is 0.433 e. The summed E-state index contributed by atoms with van der Waals surface area (Å²) >= 11 is 0. The number of Topliss-reactive ketones (excluding diaryl/α,β-unsaturated/α-hetero) is 1. The quantitative estimate of drug-likeness (QED) is 0.256. The molecule has 0 fully saturated rings. The molecular weight excluding hydrogens is 376 g/mol. The maximum absolute atomic E-state index is 12.6. The number of furan rings is 1. The molecule has 150 valence electrons. The molecule has 0 aliphatic carbocycles. The minimum absolute atomic E-state index is 0.0315. The van der Waals surface area contributed by atoms with Gasteiger partial charge in [-0.3, -0.25) is 14.9 Å². The molecule has 8 nitrogen and oxygen atoms in total. The topological polar surface area (TPSA) is 105 Å². The number of carbonyl (C=O) groups is 2. The number of carbonyl (C=O) groups excluding carboxylic acids is 2. The second kappa shape index (κ2) is 8.14. The summed E-state index contributed by atoms with van der Waals surface area (Å²) in [5, 5.41) is 10.6. The predicted molar refractivity (Wildman–Crippen MR) is 104 cm³/mol. The molecule has 0 N–H and O–H groups in total. The summed E-state index contributed by atoms with van der Waals surface area (Å²) in [6.07, 6.45) is 0. The van der Waals surface area contributed by atoms with Crippen LogP contribution in [-0.2, 0) is 4.74 Å². The standard InChI is InChI=1S/C21H20N2O6/c1-13-11-17(15(3)22(13)14(2)16-7-5-4-6-8-16)18(24)12-28-21(25)19-9-10-20(29-19)23(26)27/h4-11,14H,12H2,1-3H3/t14-/m0/s1. The third kappa shape index (κ3) is 4.11. The van der Waals surface area contributed by atoms with Gasteiger partial charge in [0.15, 0.2) is 6.61 Å². The summed E-state index contributed by atoms with van der Waals surface area (Å²) in [6, 6.07) is 13.9. The van der Waals surface area contributed by atoms with Crippen LogP contribution in [0.2, 0.25) is 0 Å². The Balaban J connectivity index is 1.73. The fourth-order valence-electron chi connectivity index (χ4n) is 3.35. The fourth-order valence-corrected chi connectivity index (χ4v) is 3.35. The van der Waals surface area contributed by atoms with Gasteiger partial charge >= 0.3 is 11.9 Å². The first kappa shape index (κ1) is 20.1. The van der Waals surface area contributed by atoms with Gasteiger partial charge in [0.2, 0.25) is 11.5 Å². The van der Waals surface area contributed by atoms with Crippen LogP contribution >= 0.6 is 0 Å². The van der Waals surface area contributed by atoms with Crippen LogP contribution in [0.4, 0.5) is 5.88 Å². The van der Waals surface area contributed by atoms with Crippen molar-refractivity contribution in [3.63, 3.8) is 0 Å². The van der Waals surface area contributed by atoms with Gasteiger partial charge in [-0.1, -0.05) is 30.3 Å². The number of ketones is 1. The van der Waals surface area contributed by atoms with E-state index in [1.165, 1.54) is 0 Å². The normalized spacial score (nSPS) is 11.8. The average Bonchev–Trinajstić information content (AvgIpc) is 3.31. The Hall–Kier alpha value is -3.68. The number of hydrogen-bond donors (Lipinski definition) is 0. The number of hydrogen-bond acceptors (Lipinski definition) is 6. The van der Waals surface area contributed by atoms with E-state index in [4.69, 9.17) is 9.15 Å². The van der Waals surface area contributed by atoms with Gasteiger partial charge in [0, 0.05) is 17.0 Å². The van der Waals surface area contributed by atoms with E-state index in [2.05, 4.69) is 4.57 Å². The number of benzene rings is 1. The third-order valence-electron chi connectivity index (χ3n) is 4.76. The maximum atomic E-state index is 12.6. The molecule has 0 unspecified atom stereocenters. The first-order valence-corrected chi connectivity index (χ1v) is 8.97. The summed E-state index contributed by atoms with van der Waals surface area (Å²) < 4.78 is 11.8. The number of rotatable bonds is 7. The van der Waals surface area contributed by atoms with Gasteiger partial charge in [-0.15, -0.1) is 0 Å². The van der Waals surface area contributed by atoms with Crippen LogP contribution < -0.4 is 0 Å². The van der Waals surface area contributed by atoms with Crippen molar-refractivity contribution in [3.05, 3.63) is 86.9 Å². The van der Waals surface area contributed by atoms with E-state index in [9.17, 15) is 19.7 Å². The van der Waals surface area contributed by atoms with Gasteiger partial charge in [0.25, 0.3) is 0 Å². The minimum atomic E-state index is -0.932. The van der Waals surface area contributed by atoms with Crippen LogP contribution in [-0.4, -0.2) is 27.8 Å². The van der Waals surface area contributed by atoms with Crippen molar-refractivity contribution in [2.75, 3.05) is 6.61 Å². The van der Waals surface area contributed by atoms with Gasteiger partial charge in [0.05, 0.1) is 12.1 Å². The monoisotopic (exact) mass is 396 g/mol. The molecule has 0 aliphatic rings. The Bertz CT molecular complexity index is 1060. The Kier molecular flexibility index (Phi) is 5.63. The molecule has 0 bridgehead atoms. The van der Waals surface area contributed by atoms with Gasteiger partial charge in [-0.2, -0.15) is 0 Å². The molecule has 0 spiro atoms. The highest BCUT2D eigenvalue weighted by molar-refractivity contribution is 6.00. The molecule has 0 saturated heterocycles. The highest BCUT2D eigenvalue weighted by Gasteiger charge is 2.23. The van der Waals surface area contributed by atoms with E-state index in [1.807, 2.05) is 51.1 Å². The third-order valence-corrected chi connectivity index (χ3v) is 4.76. The SMILES string of the molecule is Cc1cc(C(=O)COC(=O)c2ccc([N+](=O)[O-])o2)c(C)n1[C@@H](C)c1ccccc1. The zero-order valence-electron chi connectivity index (χ0n) is 16.2. The summed E-state index contributed by atoms with van der Waals surface area (Å²) in [7, 11) is 0. The second-order valence-corrected chi connectivity index (χ2v) is 6.64.